The highest BCUT2D eigenvalue weighted by Crippen LogP contribution is 2.29. The van der Waals surface area contributed by atoms with Crippen LogP contribution in [0, 0.1) is 13.8 Å². The van der Waals surface area contributed by atoms with Crippen molar-refractivity contribution in [3.05, 3.63) is 96.1 Å². The van der Waals surface area contributed by atoms with Gasteiger partial charge in [0.1, 0.15) is 5.75 Å². The van der Waals surface area contributed by atoms with Gasteiger partial charge in [0.05, 0.1) is 6.61 Å². The number of hydrogen-bond acceptors (Lipinski definition) is 1. The summed E-state index contributed by atoms with van der Waals surface area (Å²) in [6, 6.07) is 14.7. The van der Waals surface area contributed by atoms with E-state index in [9.17, 15) is 0 Å². The van der Waals surface area contributed by atoms with Gasteiger partial charge >= 0.3 is 0 Å². The Hall–Kier alpha value is -2.54. The van der Waals surface area contributed by atoms with E-state index >= 15 is 0 Å². The normalized spacial score (nSPS) is 10.6. The van der Waals surface area contributed by atoms with Crippen LogP contribution in [0.2, 0.25) is 0 Å². The number of aryl methyl sites for hydroxylation is 2. The molecule has 0 aliphatic heterocycles. The summed E-state index contributed by atoms with van der Waals surface area (Å²) >= 11 is 0. The second-order valence-corrected chi connectivity index (χ2v) is 7.85. The van der Waals surface area contributed by atoms with E-state index in [0.717, 1.165) is 41.9 Å². The van der Waals surface area contributed by atoms with Gasteiger partial charge in [-0.3, -0.25) is 0 Å². The van der Waals surface area contributed by atoms with E-state index in [-0.39, 0.29) is 0 Å². The minimum atomic E-state index is 0.770. The van der Waals surface area contributed by atoms with Crippen molar-refractivity contribution in [1.29, 1.82) is 0 Å². The van der Waals surface area contributed by atoms with E-state index in [4.69, 9.17) is 4.74 Å². The van der Waals surface area contributed by atoms with Crippen molar-refractivity contribution in [3.8, 4) is 5.75 Å². The molecule has 0 spiro atoms. The zero-order valence-electron chi connectivity index (χ0n) is 18.3. The quantitative estimate of drug-likeness (QED) is 0.248. The van der Waals surface area contributed by atoms with Gasteiger partial charge in [-0.2, -0.15) is 0 Å². The van der Waals surface area contributed by atoms with Gasteiger partial charge in [0, 0.05) is 0 Å². The molecule has 154 valence electrons. The Morgan fingerprint density at radius 1 is 0.828 bits per heavy atom. The van der Waals surface area contributed by atoms with E-state index in [0.29, 0.717) is 0 Å². The molecule has 0 N–H and O–H groups in total. The van der Waals surface area contributed by atoms with Crippen LogP contribution in [0.3, 0.4) is 0 Å². The lowest BCUT2D eigenvalue weighted by Gasteiger charge is -2.14. The Kier molecular flexibility index (Phi) is 9.50. The number of benzene rings is 2. The molecule has 0 saturated carbocycles. The molecule has 1 heteroatoms. The number of rotatable bonds is 13. The molecule has 0 saturated heterocycles. The molecule has 0 atom stereocenters. The molecule has 0 aliphatic rings. The molecule has 0 heterocycles. The molecule has 0 radical (unpaired) electrons. The monoisotopic (exact) mass is 388 g/mol. The highest BCUT2D eigenvalue weighted by Gasteiger charge is 2.09. The van der Waals surface area contributed by atoms with Gasteiger partial charge in [-0.25, -0.2) is 0 Å². The molecule has 0 unspecified atom stereocenters. The van der Waals surface area contributed by atoms with Crippen LogP contribution in [0.1, 0.15) is 67.2 Å². The predicted octanol–water partition coefficient (Wildman–Crippen LogP) is 8.22. The van der Waals surface area contributed by atoms with Crippen LogP contribution in [-0.2, 0) is 0 Å². The third kappa shape index (κ3) is 7.42. The lowest BCUT2D eigenvalue weighted by Crippen LogP contribution is -1.99. The molecular formula is C28H36O. The maximum Gasteiger partial charge on any atom is 0.119 e. The van der Waals surface area contributed by atoms with Gasteiger partial charge in [-0.15, -0.1) is 0 Å². The van der Waals surface area contributed by atoms with E-state index in [1.807, 2.05) is 6.08 Å². The lowest BCUT2D eigenvalue weighted by atomic mass is 9.93. The summed E-state index contributed by atoms with van der Waals surface area (Å²) < 4.78 is 6.03. The fraction of sp³-hybridized carbons (Fsp3) is 0.357. The molecule has 2 rings (SSSR count). The first kappa shape index (κ1) is 22.7. The Morgan fingerprint density at radius 3 is 2.21 bits per heavy atom. The van der Waals surface area contributed by atoms with Crippen molar-refractivity contribution in [1.82, 2.24) is 0 Å². The van der Waals surface area contributed by atoms with E-state index in [2.05, 4.69) is 76.0 Å². The van der Waals surface area contributed by atoms with Crippen LogP contribution in [0.5, 0.6) is 5.75 Å². The van der Waals surface area contributed by atoms with Gasteiger partial charge in [0.2, 0.25) is 0 Å². The number of allylic oxidation sites excluding steroid dienone is 2. The lowest BCUT2D eigenvalue weighted by molar-refractivity contribution is 0.304. The van der Waals surface area contributed by atoms with Crippen LogP contribution in [0.4, 0.5) is 0 Å². The summed E-state index contributed by atoms with van der Waals surface area (Å²) in [6.45, 7) is 17.1. The van der Waals surface area contributed by atoms with Crippen molar-refractivity contribution >= 4 is 5.57 Å². The SMILES string of the molecule is C=CC(=C)CCCCCCCCOc1ccc(C)c(C(=C)c2ccccc2C)c1. The number of hydrogen-bond donors (Lipinski definition) is 0. The average molecular weight is 389 g/mol. The van der Waals surface area contributed by atoms with Crippen LogP contribution >= 0.6 is 0 Å². The Bertz CT molecular complexity index is 828. The Labute approximate surface area is 177 Å². The van der Waals surface area contributed by atoms with Gasteiger partial charge in [-0.05, 0) is 73.1 Å². The maximum atomic E-state index is 6.03. The van der Waals surface area contributed by atoms with Crippen molar-refractivity contribution < 1.29 is 4.74 Å². The third-order valence-corrected chi connectivity index (χ3v) is 5.45. The molecule has 2 aromatic carbocycles. The van der Waals surface area contributed by atoms with E-state index in [1.165, 1.54) is 48.8 Å². The van der Waals surface area contributed by atoms with Crippen molar-refractivity contribution in [2.24, 2.45) is 0 Å². The molecule has 1 nitrogen and oxygen atoms in total. The first-order chi connectivity index (χ1) is 14.0. The largest absolute Gasteiger partial charge is 0.494 e. The zero-order chi connectivity index (χ0) is 21.1. The second kappa shape index (κ2) is 12.1. The van der Waals surface area contributed by atoms with Crippen molar-refractivity contribution in [3.63, 3.8) is 0 Å². The molecule has 0 aromatic heterocycles. The molecular weight excluding hydrogens is 352 g/mol. The number of unbranched alkanes of at least 4 members (excludes halogenated alkanes) is 5. The topological polar surface area (TPSA) is 9.23 Å². The smallest absolute Gasteiger partial charge is 0.119 e. The maximum absolute atomic E-state index is 6.03. The fourth-order valence-electron chi connectivity index (χ4n) is 3.53. The highest BCUT2D eigenvalue weighted by atomic mass is 16.5. The van der Waals surface area contributed by atoms with Gasteiger partial charge in [0.25, 0.3) is 0 Å². The number of ether oxygens (including phenoxy) is 1. The Balaban J connectivity index is 1.76. The first-order valence-electron chi connectivity index (χ1n) is 10.8. The van der Waals surface area contributed by atoms with Gasteiger partial charge < -0.3 is 4.74 Å². The summed E-state index contributed by atoms with van der Waals surface area (Å²) in [5.41, 5.74) is 7.05. The van der Waals surface area contributed by atoms with Gasteiger partial charge in [0.15, 0.2) is 0 Å². The second-order valence-electron chi connectivity index (χ2n) is 7.85. The van der Waals surface area contributed by atoms with Gasteiger partial charge in [-0.1, -0.05) is 87.4 Å². The summed E-state index contributed by atoms with van der Waals surface area (Å²) in [5, 5.41) is 0. The summed E-state index contributed by atoms with van der Waals surface area (Å²) in [7, 11) is 0. The minimum absolute atomic E-state index is 0.770. The van der Waals surface area contributed by atoms with Crippen LogP contribution in [0.15, 0.2) is 73.9 Å². The molecule has 0 bridgehead atoms. The molecule has 2 aromatic rings. The van der Waals surface area contributed by atoms with Crippen LogP contribution < -0.4 is 4.74 Å². The molecule has 29 heavy (non-hydrogen) atoms. The average Bonchev–Trinajstić information content (AvgIpc) is 2.73. The minimum Gasteiger partial charge on any atom is -0.494 e. The summed E-state index contributed by atoms with van der Waals surface area (Å²) in [4.78, 5) is 0. The van der Waals surface area contributed by atoms with Crippen molar-refractivity contribution in [2.45, 2.75) is 58.8 Å². The van der Waals surface area contributed by atoms with Crippen LogP contribution in [0.25, 0.3) is 5.57 Å². The summed E-state index contributed by atoms with van der Waals surface area (Å²) in [6.07, 6.45) is 10.3. The Morgan fingerprint density at radius 2 is 1.48 bits per heavy atom. The first-order valence-corrected chi connectivity index (χ1v) is 10.8. The third-order valence-electron chi connectivity index (χ3n) is 5.45. The molecule has 0 aliphatic carbocycles. The standard InChI is InChI=1S/C28H36O/c1-6-22(2)15-11-9-7-8-10-14-20-29-26-19-18-24(4)28(21-26)25(5)27-17-13-12-16-23(27)3/h6,12-13,16-19,21H,1-2,5,7-11,14-15,20H2,3-4H3. The van der Waals surface area contributed by atoms with E-state index < -0.39 is 0 Å². The summed E-state index contributed by atoms with van der Waals surface area (Å²) in [5.74, 6) is 0.934. The van der Waals surface area contributed by atoms with Crippen LogP contribution in [-0.4, -0.2) is 6.61 Å². The van der Waals surface area contributed by atoms with Crippen molar-refractivity contribution in [2.75, 3.05) is 6.61 Å². The molecule has 0 fully saturated rings. The highest BCUT2D eigenvalue weighted by molar-refractivity contribution is 5.81. The predicted molar refractivity (Wildman–Crippen MR) is 128 cm³/mol. The fourth-order valence-corrected chi connectivity index (χ4v) is 3.53. The zero-order valence-corrected chi connectivity index (χ0v) is 18.3. The molecule has 0 amide bonds. The van der Waals surface area contributed by atoms with E-state index in [1.54, 1.807) is 0 Å².